The number of amides is 2. The third-order valence-electron chi connectivity index (χ3n) is 4.21. The van der Waals surface area contributed by atoms with Crippen molar-refractivity contribution in [2.75, 3.05) is 52.3 Å². The second-order valence-corrected chi connectivity index (χ2v) is 6.35. The van der Waals surface area contributed by atoms with Crippen LogP contribution in [0.2, 0.25) is 5.02 Å². The molecule has 1 aliphatic heterocycles. The first kappa shape index (κ1) is 19.5. The molecule has 2 amide bonds. The molecule has 0 saturated carbocycles. The molecule has 138 valence electrons. The quantitative estimate of drug-likeness (QED) is 0.822. The number of nitrogens with zero attached hydrogens (tertiary/aromatic N) is 2. The van der Waals surface area contributed by atoms with Gasteiger partial charge >= 0.3 is 0 Å². The number of benzene rings is 1. The molecule has 1 aromatic carbocycles. The first-order chi connectivity index (χ1) is 11.9. The van der Waals surface area contributed by atoms with Crippen molar-refractivity contribution in [1.29, 1.82) is 0 Å². The van der Waals surface area contributed by atoms with Crippen molar-refractivity contribution in [2.24, 2.45) is 0 Å². The van der Waals surface area contributed by atoms with Crippen LogP contribution in [-0.2, 0) is 14.3 Å². The highest BCUT2D eigenvalue weighted by molar-refractivity contribution is 6.31. The second-order valence-electron chi connectivity index (χ2n) is 5.92. The predicted octanol–water partition coefficient (Wildman–Crippen LogP) is 1.47. The van der Waals surface area contributed by atoms with Crippen LogP contribution >= 0.6 is 11.6 Å². The number of morpholine rings is 1. The molecule has 0 unspecified atom stereocenters. The molecule has 0 aromatic heterocycles. The summed E-state index contributed by atoms with van der Waals surface area (Å²) < 4.78 is 10.5. The van der Waals surface area contributed by atoms with Crippen molar-refractivity contribution in [3.63, 3.8) is 0 Å². The maximum Gasteiger partial charge on any atom is 0.241 e. The van der Waals surface area contributed by atoms with E-state index in [0.29, 0.717) is 42.8 Å². The maximum absolute atomic E-state index is 12.5. The van der Waals surface area contributed by atoms with Gasteiger partial charge in [-0.3, -0.25) is 14.5 Å². The zero-order valence-corrected chi connectivity index (χ0v) is 15.5. The molecule has 0 aliphatic carbocycles. The minimum atomic E-state index is -0.492. The van der Waals surface area contributed by atoms with Gasteiger partial charge in [-0.15, -0.1) is 0 Å². The van der Waals surface area contributed by atoms with Gasteiger partial charge in [0.25, 0.3) is 0 Å². The fourth-order valence-electron chi connectivity index (χ4n) is 2.48. The lowest BCUT2D eigenvalue weighted by molar-refractivity contribution is -0.137. The van der Waals surface area contributed by atoms with E-state index < -0.39 is 6.04 Å². The average Bonchev–Trinajstić information content (AvgIpc) is 2.61. The zero-order valence-electron chi connectivity index (χ0n) is 14.8. The number of nitrogens with one attached hydrogen (secondary N) is 1. The van der Waals surface area contributed by atoms with Gasteiger partial charge < -0.3 is 19.7 Å². The number of carbonyl (C=O) groups is 2. The number of ether oxygens (including phenoxy) is 2. The number of carbonyl (C=O) groups excluding carboxylic acids is 2. The highest BCUT2D eigenvalue weighted by Crippen LogP contribution is 2.27. The van der Waals surface area contributed by atoms with Crippen LogP contribution in [0.4, 0.5) is 5.69 Å². The Bertz CT molecular complexity index is 620. The zero-order chi connectivity index (χ0) is 18.4. The number of likely N-dealkylation sites (N-methyl/N-ethyl adjacent to an activating group) is 1. The molecule has 25 heavy (non-hydrogen) atoms. The number of hydrogen-bond acceptors (Lipinski definition) is 5. The van der Waals surface area contributed by atoms with E-state index in [-0.39, 0.29) is 18.4 Å². The van der Waals surface area contributed by atoms with Crippen LogP contribution in [0.25, 0.3) is 0 Å². The van der Waals surface area contributed by atoms with Crippen LogP contribution in [0.15, 0.2) is 18.2 Å². The van der Waals surface area contributed by atoms with E-state index in [4.69, 9.17) is 21.1 Å². The Morgan fingerprint density at radius 3 is 2.72 bits per heavy atom. The summed E-state index contributed by atoms with van der Waals surface area (Å²) in [6.07, 6.45) is 0. The molecule has 0 spiro atoms. The monoisotopic (exact) mass is 369 g/mol. The van der Waals surface area contributed by atoms with E-state index in [0.717, 1.165) is 0 Å². The molecule has 1 atom stereocenters. The summed E-state index contributed by atoms with van der Waals surface area (Å²) in [6.45, 7) is 4.21. The van der Waals surface area contributed by atoms with Gasteiger partial charge in [0.15, 0.2) is 0 Å². The number of hydrogen-bond donors (Lipinski definition) is 1. The molecule has 8 heteroatoms. The van der Waals surface area contributed by atoms with Crippen molar-refractivity contribution >= 4 is 29.1 Å². The van der Waals surface area contributed by atoms with E-state index in [1.54, 1.807) is 42.0 Å². The van der Waals surface area contributed by atoms with E-state index in [1.807, 2.05) is 0 Å². The lowest BCUT2D eigenvalue weighted by Gasteiger charge is -2.30. The molecule has 1 saturated heterocycles. The largest absolute Gasteiger partial charge is 0.495 e. The molecule has 1 N–H and O–H groups in total. The second kappa shape index (κ2) is 9.03. The van der Waals surface area contributed by atoms with Crippen LogP contribution in [0.3, 0.4) is 0 Å². The lowest BCUT2D eigenvalue weighted by Crippen LogP contribution is -2.48. The Labute approximate surface area is 152 Å². The molecular formula is C17H24ClN3O4. The van der Waals surface area contributed by atoms with Crippen molar-refractivity contribution < 1.29 is 19.1 Å². The molecule has 1 aromatic rings. The molecule has 1 aliphatic rings. The SMILES string of the molecule is COc1ccc(Cl)cc1NC(=O)[C@H](C)N(C)CC(=O)N1CCOCC1. The number of methoxy groups -OCH3 is 1. The number of halogens is 1. The van der Waals surface area contributed by atoms with Crippen molar-refractivity contribution in [3.8, 4) is 5.75 Å². The molecule has 1 heterocycles. The fourth-order valence-corrected chi connectivity index (χ4v) is 2.65. The standard InChI is InChI=1S/C17H24ClN3O4/c1-12(20(2)11-16(22)21-6-8-25-9-7-21)17(23)19-14-10-13(18)4-5-15(14)24-3/h4-5,10,12H,6-9,11H2,1-3H3,(H,19,23)/t12-/m0/s1. The van der Waals surface area contributed by atoms with Crippen molar-refractivity contribution in [3.05, 3.63) is 23.2 Å². The summed E-state index contributed by atoms with van der Waals surface area (Å²) in [6, 6.07) is 4.51. The maximum atomic E-state index is 12.5. The Balaban J connectivity index is 1.94. The Morgan fingerprint density at radius 1 is 1.40 bits per heavy atom. The summed E-state index contributed by atoms with van der Waals surface area (Å²) in [5.41, 5.74) is 0.500. The van der Waals surface area contributed by atoms with Crippen LogP contribution in [0, 0.1) is 0 Å². The Kier molecular flexibility index (Phi) is 7.04. The third-order valence-corrected chi connectivity index (χ3v) is 4.44. The Hall–Kier alpha value is -1.83. The summed E-state index contributed by atoms with van der Waals surface area (Å²) >= 11 is 5.98. The third kappa shape index (κ3) is 5.32. The summed E-state index contributed by atoms with van der Waals surface area (Å²) in [7, 11) is 3.27. The minimum Gasteiger partial charge on any atom is -0.495 e. The lowest BCUT2D eigenvalue weighted by atomic mass is 10.2. The van der Waals surface area contributed by atoms with Gasteiger partial charge in [0.05, 0.1) is 38.6 Å². The summed E-state index contributed by atoms with van der Waals surface area (Å²) in [4.78, 5) is 28.3. The van der Waals surface area contributed by atoms with Crippen LogP contribution in [0.1, 0.15) is 6.92 Å². The van der Waals surface area contributed by atoms with Gasteiger partial charge in [0, 0.05) is 18.1 Å². The predicted molar refractivity (Wildman–Crippen MR) is 96.1 cm³/mol. The van der Waals surface area contributed by atoms with Gasteiger partial charge in [0.1, 0.15) is 5.75 Å². The normalized spacial score (nSPS) is 15.8. The number of anilines is 1. The van der Waals surface area contributed by atoms with E-state index >= 15 is 0 Å². The molecule has 0 bridgehead atoms. The molecule has 0 radical (unpaired) electrons. The first-order valence-corrected chi connectivity index (χ1v) is 8.50. The van der Waals surface area contributed by atoms with Crippen LogP contribution in [-0.4, -0.2) is 74.7 Å². The first-order valence-electron chi connectivity index (χ1n) is 8.12. The van der Waals surface area contributed by atoms with Gasteiger partial charge in [0.2, 0.25) is 11.8 Å². The van der Waals surface area contributed by atoms with E-state index in [1.165, 1.54) is 7.11 Å². The summed E-state index contributed by atoms with van der Waals surface area (Å²) in [5.74, 6) is 0.278. The van der Waals surface area contributed by atoms with Crippen molar-refractivity contribution in [1.82, 2.24) is 9.80 Å². The van der Waals surface area contributed by atoms with Crippen molar-refractivity contribution in [2.45, 2.75) is 13.0 Å². The van der Waals surface area contributed by atoms with Gasteiger partial charge in [-0.2, -0.15) is 0 Å². The highest BCUT2D eigenvalue weighted by Gasteiger charge is 2.24. The minimum absolute atomic E-state index is 0.00853. The highest BCUT2D eigenvalue weighted by atomic mass is 35.5. The molecule has 1 fully saturated rings. The molecule has 2 rings (SSSR count). The molecule has 7 nitrogen and oxygen atoms in total. The molecular weight excluding hydrogens is 346 g/mol. The van der Waals surface area contributed by atoms with Crippen LogP contribution < -0.4 is 10.1 Å². The van der Waals surface area contributed by atoms with Gasteiger partial charge in [-0.25, -0.2) is 0 Å². The number of rotatable bonds is 6. The van der Waals surface area contributed by atoms with Gasteiger partial charge in [-0.1, -0.05) is 11.6 Å². The van der Waals surface area contributed by atoms with Gasteiger partial charge in [-0.05, 0) is 32.2 Å². The average molecular weight is 370 g/mol. The summed E-state index contributed by atoms with van der Waals surface area (Å²) in [5, 5.41) is 3.30. The fraction of sp³-hybridized carbons (Fsp3) is 0.529. The van der Waals surface area contributed by atoms with E-state index in [2.05, 4.69) is 5.32 Å². The topological polar surface area (TPSA) is 71.1 Å². The smallest absolute Gasteiger partial charge is 0.241 e. The Morgan fingerprint density at radius 2 is 2.08 bits per heavy atom. The van der Waals surface area contributed by atoms with E-state index in [9.17, 15) is 9.59 Å². The van der Waals surface area contributed by atoms with Crippen LogP contribution in [0.5, 0.6) is 5.75 Å².